The van der Waals surface area contributed by atoms with Gasteiger partial charge < -0.3 is 14.4 Å². The Balaban J connectivity index is 2.34. The number of para-hydroxylation sites is 1. The van der Waals surface area contributed by atoms with Crippen molar-refractivity contribution in [3.63, 3.8) is 0 Å². The van der Waals surface area contributed by atoms with Crippen LogP contribution in [0.2, 0.25) is 0 Å². The summed E-state index contributed by atoms with van der Waals surface area (Å²) in [5.41, 5.74) is -0.0930. The maximum absolute atomic E-state index is 9.72. The number of rotatable bonds is 4. The van der Waals surface area contributed by atoms with E-state index in [0.29, 0.717) is 18.0 Å². The number of nitrogens with zero attached hydrogens (tertiary/aromatic N) is 2. The molecule has 0 aliphatic rings. The summed E-state index contributed by atoms with van der Waals surface area (Å²) in [4.78, 5) is 4.27. The maximum atomic E-state index is 9.72. The van der Waals surface area contributed by atoms with Crippen LogP contribution in [0.1, 0.15) is 26.6 Å². The lowest BCUT2D eigenvalue weighted by Gasteiger charge is -2.19. The van der Waals surface area contributed by atoms with Gasteiger partial charge in [-0.3, -0.25) is 0 Å². The lowest BCUT2D eigenvalue weighted by atomic mass is 10.1. The van der Waals surface area contributed by atoms with Crippen LogP contribution >= 0.6 is 0 Å². The Hall–Kier alpha value is -1.88. The molecule has 0 fully saturated rings. The predicted molar refractivity (Wildman–Crippen MR) is 66.1 cm³/mol. The molecule has 0 unspecified atom stereocenters. The molecule has 1 N–H and O–H groups in total. The van der Waals surface area contributed by atoms with Crippen molar-refractivity contribution < 1.29 is 14.4 Å². The van der Waals surface area contributed by atoms with Gasteiger partial charge >= 0.3 is 0 Å². The van der Waals surface area contributed by atoms with Crippen molar-refractivity contribution in [1.29, 1.82) is 0 Å². The highest BCUT2D eigenvalue weighted by atomic mass is 16.5. The second-order valence-corrected chi connectivity index (χ2v) is 4.38. The van der Waals surface area contributed by atoms with E-state index in [1.807, 2.05) is 20.8 Å². The van der Waals surface area contributed by atoms with Gasteiger partial charge in [0.25, 0.3) is 5.89 Å². The average Bonchev–Trinajstić information content (AvgIpc) is 2.79. The van der Waals surface area contributed by atoms with Gasteiger partial charge in [-0.05, 0) is 32.9 Å². The van der Waals surface area contributed by atoms with E-state index in [-0.39, 0.29) is 11.6 Å². The summed E-state index contributed by atoms with van der Waals surface area (Å²) >= 11 is 0. The number of hydrogen-bond donors (Lipinski definition) is 1. The first-order chi connectivity index (χ1) is 8.54. The Kier molecular flexibility index (Phi) is 3.34. The topological polar surface area (TPSA) is 68.4 Å². The summed E-state index contributed by atoms with van der Waals surface area (Å²) in [6, 6.07) is 6.83. The molecule has 5 heteroatoms. The van der Waals surface area contributed by atoms with Crippen molar-refractivity contribution in [3.8, 4) is 17.2 Å². The van der Waals surface area contributed by atoms with Crippen LogP contribution < -0.4 is 0 Å². The van der Waals surface area contributed by atoms with Crippen LogP contribution in [0.25, 0.3) is 11.5 Å². The minimum absolute atomic E-state index is 0.113. The number of ether oxygens (including phenoxy) is 1. The van der Waals surface area contributed by atoms with Crippen molar-refractivity contribution in [3.05, 3.63) is 30.1 Å². The Morgan fingerprint density at radius 3 is 2.72 bits per heavy atom. The molecule has 0 saturated heterocycles. The van der Waals surface area contributed by atoms with E-state index in [9.17, 15) is 5.11 Å². The maximum Gasteiger partial charge on any atom is 0.261 e. The summed E-state index contributed by atoms with van der Waals surface area (Å²) in [7, 11) is 0. The molecule has 18 heavy (non-hydrogen) atoms. The number of benzene rings is 1. The van der Waals surface area contributed by atoms with Gasteiger partial charge in [0.2, 0.25) is 5.82 Å². The van der Waals surface area contributed by atoms with Crippen LogP contribution in [0.15, 0.2) is 28.8 Å². The summed E-state index contributed by atoms with van der Waals surface area (Å²) < 4.78 is 10.7. The Morgan fingerprint density at radius 2 is 2.06 bits per heavy atom. The molecule has 0 bridgehead atoms. The van der Waals surface area contributed by atoms with E-state index in [1.165, 1.54) is 0 Å². The normalized spacial score (nSPS) is 11.7. The largest absolute Gasteiger partial charge is 0.507 e. The van der Waals surface area contributed by atoms with Crippen molar-refractivity contribution in [2.75, 3.05) is 6.61 Å². The Bertz CT molecular complexity index is 535. The van der Waals surface area contributed by atoms with Gasteiger partial charge in [0, 0.05) is 6.61 Å². The lowest BCUT2D eigenvalue weighted by Crippen LogP contribution is -2.23. The minimum Gasteiger partial charge on any atom is -0.507 e. The molecule has 0 amide bonds. The fourth-order valence-electron chi connectivity index (χ4n) is 1.66. The molecule has 0 atom stereocenters. The van der Waals surface area contributed by atoms with Gasteiger partial charge in [0.1, 0.15) is 11.4 Å². The van der Waals surface area contributed by atoms with Crippen LogP contribution in [0, 0.1) is 0 Å². The molecular weight excluding hydrogens is 232 g/mol. The van der Waals surface area contributed by atoms with E-state index >= 15 is 0 Å². The van der Waals surface area contributed by atoms with Crippen LogP contribution in [-0.4, -0.2) is 21.9 Å². The molecular formula is C13H16N2O3. The molecule has 1 heterocycles. The molecule has 1 aromatic carbocycles. The molecule has 1 aromatic heterocycles. The van der Waals surface area contributed by atoms with Crippen LogP contribution in [0.4, 0.5) is 0 Å². The number of phenols is 1. The van der Waals surface area contributed by atoms with Crippen molar-refractivity contribution in [1.82, 2.24) is 10.1 Å². The van der Waals surface area contributed by atoms with Gasteiger partial charge in [-0.25, -0.2) is 0 Å². The Morgan fingerprint density at radius 1 is 1.33 bits per heavy atom. The monoisotopic (exact) mass is 248 g/mol. The second-order valence-electron chi connectivity index (χ2n) is 4.38. The summed E-state index contributed by atoms with van der Waals surface area (Å²) in [5.74, 6) is 0.861. The molecule has 2 aromatic rings. The SMILES string of the molecule is CCOC(C)(C)c1noc(-c2ccccc2O)n1. The zero-order chi connectivity index (χ0) is 13.2. The molecule has 0 aliphatic carbocycles. The lowest BCUT2D eigenvalue weighted by molar-refractivity contribution is -0.0221. The fraction of sp³-hybridized carbons (Fsp3) is 0.385. The highest BCUT2D eigenvalue weighted by molar-refractivity contribution is 5.61. The van der Waals surface area contributed by atoms with E-state index in [1.54, 1.807) is 24.3 Å². The molecule has 0 saturated carbocycles. The molecule has 96 valence electrons. The molecule has 0 spiro atoms. The highest BCUT2D eigenvalue weighted by Gasteiger charge is 2.27. The van der Waals surface area contributed by atoms with E-state index in [2.05, 4.69) is 10.1 Å². The molecule has 2 rings (SSSR count). The van der Waals surface area contributed by atoms with Crippen LogP contribution in [0.5, 0.6) is 5.75 Å². The van der Waals surface area contributed by atoms with Gasteiger partial charge in [-0.15, -0.1) is 0 Å². The molecule has 0 radical (unpaired) electrons. The zero-order valence-corrected chi connectivity index (χ0v) is 10.7. The van der Waals surface area contributed by atoms with Crippen molar-refractivity contribution in [2.24, 2.45) is 0 Å². The summed E-state index contributed by atoms with van der Waals surface area (Å²) in [5, 5.41) is 13.6. The smallest absolute Gasteiger partial charge is 0.261 e. The molecule has 5 nitrogen and oxygen atoms in total. The third-order valence-electron chi connectivity index (χ3n) is 2.60. The average molecular weight is 248 g/mol. The van der Waals surface area contributed by atoms with Gasteiger partial charge in [0.15, 0.2) is 0 Å². The van der Waals surface area contributed by atoms with Crippen molar-refractivity contribution >= 4 is 0 Å². The summed E-state index contributed by atoms with van der Waals surface area (Å²) in [6.45, 7) is 6.21. The second kappa shape index (κ2) is 4.78. The third kappa shape index (κ3) is 2.36. The first-order valence-corrected chi connectivity index (χ1v) is 5.81. The third-order valence-corrected chi connectivity index (χ3v) is 2.60. The standard InChI is InChI=1S/C13H16N2O3/c1-4-17-13(2,3)12-14-11(18-15-12)9-7-5-6-8-10(9)16/h5-8,16H,4H2,1-3H3. The quantitative estimate of drug-likeness (QED) is 0.900. The number of aromatic hydroxyl groups is 1. The minimum atomic E-state index is -0.610. The van der Waals surface area contributed by atoms with E-state index in [4.69, 9.17) is 9.26 Å². The Labute approximate surface area is 105 Å². The van der Waals surface area contributed by atoms with Crippen LogP contribution in [0.3, 0.4) is 0 Å². The fourth-order valence-corrected chi connectivity index (χ4v) is 1.66. The first-order valence-electron chi connectivity index (χ1n) is 5.81. The van der Waals surface area contributed by atoms with Gasteiger partial charge in [-0.1, -0.05) is 17.3 Å². The summed E-state index contributed by atoms with van der Waals surface area (Å²) in [6.07, 6.45) is 0. The number of aromatic nitrogens is 2. The highest BCUT2D eigenvalue weighted by Crippen LogP contribution is 2.29. The molecule has 0 aliphatic heterocycles. The van der Waals surface area contributed by atoms with Gasteiger partial charge in [-0.2, -0.15) is 4.98 Å². The van der Waals surface area contributed by atoms with Crippen molar-refractivity contribution in [2.45, 2.75) is 26.4 Å². The number of hydrogen-bond acceptors (Lipinski definition) is 5. The zero-order valence-electron chi connectivity index (χ0n) is 10.7. The number of phenolic OH excluding ortho intramolecular Hbond substituents is 1. The first kappa shape index (κ1) is 12.6. The predicted octanol–water partition coefficient (Wildman–Crippen LogP) is 2.71. The van der Waals surface area contributed by atoms with E-state index < -0.39 is 5.60 Å². The van der Waals surface area contributed by atoms with E-state index in [0.717, 1.165) is 0 Å². The van der Waals surface area contributed by atoms with Crippen LogP contribution in [-0.2, 0) is 10.3 Å². The van der Waals surface area contributed by atoms with Gasteiger partial charge in [0.05, 0.1) is 5.56 Å².